The van der Waals surface area contributed by atoms with Crippen molar-refractivity contribution in [3.63, 3.8) is 0 Å². The molecule has 0 saturated heterocycles. The zero-order valence-corrected chi connectivity index (χ0v) is 15.6. The van der Waals surface area contributed by atoms with Gasteiger partial charge in [-0.2, -0.15) is 0 Å². The number of benzene rings is 2. The summed E-state index contributed by atoms with van der Waals surface area (Å²) >= 11 is 5.88. The molecule has 2 heterocycles. The van der Waals surface area contributed by atoms with Crippen molar-refractivity contribution in [2.75, 3.05) is 11.4 Å². The van der Waals surface area contributed by atoms with E-state index in [1.807, 2.05) is 36.4 Å². The van der Waals surface area contributed by atoms with Crippen LogP contribution in [0.1, 0.15) is 27.0 Å². The van der Waals surface area contributed by atoms with Gasteiger partial charge < -0.3 is 10.2 Å². The average Bonchev–Trinajstić information content (AvgIpc) is 2.73. The van der Waals surface area contributed by atoms with Crippen LogP contribution in [0.5, 0.6) is 0 Å². The number of fused-ring (bicyclic) bond motifs is 1. The maximum atomic E-state index is 12.3. The summed E-state index contributed by atoms with van der Waals surface area (Å²) in [5.41, 5.74) is 4.32. The maximum Gasteiger partial charge on any atom is 0.253 e. The summed E-state index contributed by atoms with van der Waals surface area (Å²) in [4.78, 5) is 19.1. The van der Waals surface area contributed by atoms with Crippen molar-refractivity contribution in [2.45, 2.75) is 19.5 Å². The number of rotatable bonds is 4. The Hall–Kier alpha value is -2.85. The van der Waals surface area contributed by atoms with E-state index in [2.05, 4.69) is 39.5 Å². The fraction of sp³-hybridized carbons (Fsp3) is 0.182. The Morgan fingerprint density at radius 1 is 1.04 bits per heavy atom. The molecule has 136 valence electrons. The second kappa shape index (κ2) is 7.80. The van der Waals surface area contributed by atoms with Gasteiger partial charge in [0.2, 0.25) is 0 Å². The van der Waals surface area contributed by atoms with Gasteiger partial charge in [0.1, 0.15) is 5.82 Å². The molecule has 0 unspecified atom stereocenters. The fourth-order valence-corrected chi connectivity index (χ4v) is 3.41. The molecule has 3 aromatic rings. The van der Waals surface area contributed by atoms with E-state index in [9.17, 15) is 4.79 Å². The van der Waals surface area contributed by atoms with Crippen LogP contribution in [0.15, 0.2) is 66.9 Å². The van der Waals surface area contributed by atoms with E-state index >= 15 is 0 Å². The second-order valence-electron chi connectivity index (χ2n) is 6.65. The van der Waals surface area contributed by atoms with Crippen LogP contribution in [-0.2, 0) is 19.5 Å². The van der Waals surface area contributed by atoms with Gasteiger partial charge in [-0.25, -0.2) is 4.98 Å². The third-order valence-corrected chi connectivity index (χ3v) is 5.08. The predicted octanol–water partition coefficient (Wildman–Crippen LogP) is 4.23. The largest absolute Gasteiger partial charge is 0.352 e. The van der Waals surface area contributed by atoms with Crippen molar-refractivity contribution in [3.05, 3.63) is 94.1 Å². The summed E-state index contributed by atoms with van der Waals surface area (Å²) in [7, 11) is 0. The number of aromatic nitrogens is 1. The number of hydrogen-bond acceptors (Lipinski definition) is 3. The highest BCUT2D eigenvalue weighted by Gasteiger charge is 2.17. The molecule has 0 bridgehead atoms. The molecular weight excluding hydrogens is 358 g/mol. The number of carbonyl (C=O) groups excluding carboxylic acids is 1. The topological polar surface area (TPSA) is 45.2 Å². The summed E-state index contributed by atoms with van der Waals surface area (Å²) in [6, 6.07) is 19.7. The third-order valence-electron chi connectivity index (χ3n) is 4.83. The molecule has 0 fully saturated rings. The minimum atomic E-state index is -0.131. The number of nitrogens with one attached hydrogen (secondary N) is 1. The molecule has 0 spiro atoms. The van der Waals surface area contributed by atoms with Crippen LogP contribution in [0.4, 0.5) is 5.82 Å². The zero-order valence-electron chi connectivity index (χ0n) is 14.9. The van der Waals surface area contributed by atoms with E-state index in [-0.39, 0.29) is 5.91 Å². The van der Waals surface area contributed by atoms with Crippen LogP contribution in [0.25, 0.3) is 0 Å². The summed E-state index contributed by atoms with van der Waals surface area (Å²) in [6.07, 6.45) is 2.66. The van der Waals surface area contributed by atoms with E-state index in [0.29, 0.717) is 17.1 Å². The minimum Gasteiger partial charge on any atom is -0.352 e. The van der Waals surface area contributed by atoms with Gasteiger partial charge in [0, 0.05) is 30.9 Å². The molecule has 0 radical (unpaired) electrons. The van der Waals surface area contributed by atoms with Crippen molar-refractivity contribution in [1.29, 1.82) is 0 Å². The Bertz CT molecular complexity index is 939. The van der Waals surface area contributed by atoms with Gasteiger partial charge in [-0.15, -0.1) is 0 Å². The van der Waals surface area contributed by atoms with E-state index in [4.69, 9.17) is 11.6 Å². The molecule has 4 rings (SSSR count). The van der Waals surface area contributed by atoms with Crippen LogP contribution < -0.4 is 10.2 Å². The van der Waals surface area contributed by atoms with Gasteiger partial charge in [0.25, 0.3) is 5.91 Å². The average molecular weight is 378 g/mol. The van der Waals surface area contributed by atoms with Crippen LogP contribution >= 0.6 is 11.6 Å². The highest BCUT2D eigenvalue weighted by atomic mass is 35.5. The van der Waals surface area contributed by atoms with Crippen LogP contribution in [0.2, 0.25) is 5.02 Å². The summed E-state index contributed by atoms with van der Waals surface area (Å²) in [5.74, 6) is 0.770. The molecule has 4 nitrogen and oxygen atoms in total. The molecule has 0 atom stereocenters. The van der Waals surface area contributed by atoms with E-state index in [1.165, 1.54) is 11.1 Å². The molecule has 1 aliphatic heterocycles. The van der Waals surface area contributed by atoms with Gasteiger partial charge in [-0.1, -0.05) is 48.0 Å². The molecule has 2 aromatic carbocycles. The number of pyridine rings is 1. The first kappa shape index (κ1) is 17.6. The van der Waals surface area contributed by atoms with Gasteiger partial charge in [0.05, 0.1) is 5.56 Å². The smallest absolute Gasteiger partial charge is 0.253 e. The lowest BCUT2D eigenvalue weighted by atomic mass is 10.00. The lowest BCUT2D eigenvalue weighted by molar-refractivity contribution is 0.0950. The number of anilines is 1. The van der Waals surface area contributed by atoms with Crippen molar-refractivity contribution in [1.82, 2.24) is 10.3 Å². The lowest BCUT2D eigenvalue weighted by Gasteiger charge is -2.29. The van der Waals surface area contributed by atoms with Gasteiger partial charge in [-0.05, 0) is 47.4 Å². The first-order valence-corrected chi connectivity index (χ1v) is 9.37. The first-order chi connectivity index (χ1) is 13.2. The van der Waals surface area contributed by atoms with E-state index in [0.717, 1.165) is 30.9 Å². The van der Waals surface area contributed by atoms with Gasteiger partial charge in [0.15, 0.2) is 0 Å². The lowest BCUT2D eigenvalue weighted by Crippen LogP contribution is -2.31. The number of hydrogen-bond donors (Lipinski definition) is 1. The molecule has 1 aromatic heterocycles. The van der Waals surface area contributed by atoms with Crippen molar-refractivity contribution in [2.24, 2.45) is 0 Å². The highest BCUT2D eigenvalue weighted by molar-refractivity contribution is 6.30. The van der Waals surface area contributed by atoms with Gasteiger partial charge in [-0.3, -0.25) is 4.79 Å². The Kier molecular flexibility index (Phi) is 5.07. The maximum absolute atomic E-state index is 12.3. The van der Waals surface area contributed by atoms with E-state index in [1.54, 1.807) is 6.20 Å². The highest BCUT2D eigenvalue weighted by Crippen LogP contribution is 2.23. The molecule has 0 saturated carbocycles. The number of halogens is 1. The predicted molar refractivity (Wildman–Crippen MR) is 108 cm³/mol. The summed E-state index contributed by atoms with van der Waals surface area (Å²) in [5, 5.41) is 3.60. The van der Waals surface area contributed by atoms with Crippen molar-refractivity contribution in [3.8, 4) is 0 Å². The number of amides is 1. The Morgan fingerprint density at radius 2 is 1.81 bits per heavy atom. The Balaban J connectivity index is 1.38. The Morgan fingerprint density at radius 3 is 2.56 bits per heavy atom. The standard InChI is InChI=1S/C22H20ClN3O/c23-20-8-5-16(6-9-20)13-25-22(27)18-7-10-21(24-14-18)26-12-11-17-3-1-2-4-19(17)15-26/h1-10,14H,11-13,15H2,(H,25,27). The van der Waals surface area contributed by atoms with Crippen molar-refractivity contribution < 1.29 is 4.79 Å². The number of carbonyl (C=O) groups is 1. The number of nitrogens with zero attached hydrogens (tertiary/aromatic N) is 2. The summed E-state index contributed by atoms with van der Waals surface area (Å²) < 4.78 is 0. The van der Waals surface area contributed by atoms with Crippen molar-refractivity contribution >= 4 is 23.3 Å². The Labute approximate surface area is 163 Å². The molecule has 5 heteroatoms. The van der Waals surface area contributed by atoms with Crippen LogP contribution in [0.3, 0.4) is 0 Å². The normalized spacial score (nSPS) is 13.1. The third kappa shape index (κ3) is 4.12. The SMILES string of the molecule is O=C(NCc1ccc(Cl)cc1)c1ccc(N2CCc3ccccc3C2)nc1. The summed E-state index contributed by atoms with van der Waals surface area (Å²) in [6.45, 7) is 2.25. The molecule has 0 aliphatic carbocycles. The first-order valence-electron chi connectivity index (χ1n) is 8.99. The zero-order chi connectivity index (χ0) is 18.6. The van der Waals surface area contributed by atoms with E-state index < -0.39 is 0 Å². The van der Waals surface area contributed by atoms with Crippen LogP contribution in [-0.4, -0.2) is 17.4 Å². The monoisotopic (exact) mass is 377 g/mol. The second-order valence-corrected chi connectivity index (χ2v) is 7.09. The quantitative estimate of drug-likeness (QED) is 0.740. The van der Waals surface area contributed by atoms with Crippen LogP contribution in [0, 0.1) is 0 Å². The minimum absolute atomic E-state index is 0.131. The molecule has 27 heavy (non-hydrogen) atoms. The molecular formula is C22H20ClN3O. The molecule has 1 aliphatic rings. The molecule has 1 N–H and O–H groups in total. The van der Waals surface area contributed by atoms with Gasteiger partial charge >= 0.3 is 0 Å². The molecule has 1 amide bonds. The fourth-order valence-electron chi connectivity index (χ4n) is 3.29.